The molecule has 2 heteroatoms. The van der Waals surface area contributed by atoms with E-state index in [2.05, 4.69) is 31.2 Å². The van der Waals surface area contributed by atoms with Gasteiger partial charge in [-0.15, -0.1) is 0 Å². The van der Waals surface area contributed by atoms with Crippen LogP contribution in [0.2, 0.25) is 0 Å². The van der Waals surface area contributed by atoms with E-state index in [4.69, 9.17) is 4.42 Å². The molecule has 1 N–H and O–H groups in total. The fourth-order valence-electron chi connectivity index (χ4n) is 1.87. The maximum atomic E-state index is 9.27. The fourth-order valence-corrected chi connectivity index (χ4v) is 1.87. The van der Waals surface area contributed by atoms with Gasteiger partial charge in [-0.3, -0.25) is 0 Å². The van der Waals surface area contributed by atoms with Crippen molar-refractivity contribution in [3.63, 3.8) is 0 Å². The van der Waals surface area contributed by atoms with Crippen LogP contribution in [-0.4, -0.2) is 11.7 Å². The summed E-state index contributed by atoms with van der Waals surface area (Å²) in [6, 6.07) is 12.3. The van der Waals surface area contributed by atoms with Crippen molar-refractivity contribution in [3.05, 3.63) is 47.7 Å². The molecule has 1 heterocycles. The third kappa shape index (κ3) is 3.02. The first kappa shape index (κ1) is 12.9. The van der Waals surface area contributed by atoms with Gasteiger partial charge in [-0.25, -0.2) is 0 Å². The highest BCUT2D eigenvalue weighted by Gasteiger charge is 2.19. The molecule has 0 atom stereocenters. The molecular formula is C16H20O2. The zero-order chi connectivity index (χ0) is 13.2. The van der Waals surface area contributed by atoms with Gasteiger partial charge in [0.2, 0.25) is 0 Å². The van der Waals surface area contributed by atoms with Crippen LogP contribution in [0.3, 0.4) is 0 Å². The van der Waals surface area contributed by atoms with Gasteiger partial charge in [0.1, 0.15) is 11.5 Å². The Morgan fingerprint density at radius 1 is 1.06 bits per heavy atom. The highest BCUT2D eigenvalue weighted by Crippen LogP contribution is 2.27. The Bertz CT molecular complexity index is 506. The van der Waals surface area contributed by atoms with E-state index in [1.165, 1.54) is 5.56 Å². The standard InChI is InChI=1S/C16H20O2/c1-12-4-6-13(7-5-12)15-9-8-14(18-15)10-16(2,3)11-17/h4-9,17H,10-11H2,1-3H3. The van der Waals surface area contributed by atoms with Crippen molar-refractivity contribution in [1.82, 2.24) is 0 Å². The molecule has 0 saturated heterocycles. The molecule has 2 aromatic rings. The van der Waals surface area contributed by atoms with Crippen LogP contribution in [0, 0.1) is 12.3 Å². The largest absolute Gasteiger partial charge is 0.461 e. The lowest BCUT2D eigenvalue weighted by Crippen LogP contribution is -2.19. The first-order valence-electron chi connectivity index (χ1n) is 6.27. The quantitative estimate of drug-likeness (QED) is 0.887. The van der Waals surface area contributed by atoms with Gasteiger partial charge in [0, 0.05) is 18.6 Å². The summed E-state index contributed by atoms with van der Waals surface area (Å²) in [5, 5.41) is 9.27. The van der Waals surface area contributed by atoms with Crippen LogP contribution in [0.5, 0.6) is 0 Å². The predicted molar refractivity (Wildman–Crippen MR) is 73.5 cm³/mol. The van der Waals surface area contributed by atoms with Gasteiger partial charge in [0.05, 0.1) is 0 Å². The lowest BCUT2D eigenvalue weighted by atomic mass is 9.89. The van der Waals surface area contributed by atoms with Gasteiger partial charge in [0.15, 0.2) is 0 Å². The summed E-state index contributed by atoms with van der Waals surface area (Å²) in [6.07, 6.45) is 0.745. The van der Waals surface area contributed by atoms with E-state index in [0.29, 0.717) is 0 Å². The van der Waals surface area contributed by atoms with Crippen LogP contribution in [0.4, 0.5) is 0 Å². The van der Waals surface area contributed by atoms with E-state index in [1.807, 2.05) is 26.0 Å². The van der Waals surface area contributed by atoms with Crippen LogP contribution in [0.1, 0.15) is 25.2 Å². The summed E-state index contributed by atoms with van der Waals surface area (Å²) >= 11 is 0. The maximum absolute atomic E-state index is 9.27. The topological polar surface area (TPSA) is 33.4 Å². The Balaban J connectivity index is 2.18. The molecule has 0 saturated carbocycles. The van der Waals surface area contributed by atoms with E-state index in [-0.39, 0.29) is 12.0 Å². The van der Waals surface area contributed by atoms with Gasteiger partial charge in [0.25, 0.3) is 0 Å². The molecular weight excluding hydrogens is 224 g/mol. The number of aryl methyl sites for hydroxylation is 1. The smallest absolute Gasteiger partial charge is 0.134 e. The number of rotatable bonds is 4. The lowest BCUT2D eigenvalue weighted by molar-refractivity contribution is 0.153. The fraction of sp³-hybridized carbons (Fsp3) is 0.375. The average molecular weight is 244 g/mol. The molecule has 1 aromatic carbocycles. The van der Waals surface area contributed by atoms with Crippen molar-refractivity contribution in [2.75, 3.05) is 6.61 Å². The number of furan rings is 1. The van der Waals surface area contributed by atoms with Gasteiger partial charge in [-0.05, 0) is 24.5 Å². The normalized spacial score (nSPS) is 11.8. The molecule has 0 radical (unpaired) electrons. The minimum atomic E-state index is -0.137. The van der Waals surface area contributed by atoms with Crippen molar-refractivity contribution >= 4 is 0 Å². The Morgan fingerprint density at radius 3 is 2.33 bits per heavy atom. The van der Waals surface area contributed by atoms with E-state index in [9.17, 15) is 5.11 Å². The summed E-state index contributed by atoms with van der Waals surface area (Å²) in [6.45, 7) is 6.29. The molecule has 0 amide bonds. The summed E-state index contributed by atoms with van der Waals surface area (Å²) in [5.74, 6) is 1.81. The number of aliphatic hydroxyl groups is 1. The highest BCUT2D eigenvalue weighted by molar-refractivity contribution is 5.57. The molecule has 0 spiro atoms. The highest BCUT2D eigenvalue weighted by atomic mass is 16.3. The zero-order valence-corrected chi connectivity index (χ0v) is 11.2. The zero-order valence-electron chi connectivity index (χ0n) is 11.2. The van der Waals surface area contributed by atoms with Gasteiger partial charge < -0.3 is 9.52 Å². The molecule has 1 aromatic heterocycles. The van der Waals surface area contributed by atoms with Crippen LogP contribution < -0.4 is 0 Å². The monoisotopic (exact) mass is 244 g/mol. The molecule has 0 bridgehead atoms. The van der Waals surface area contributed by atoms with Crippen molar-refractivity contribution < 1.29 is 9.52 Å². The third-order valence-corrected chi connectivity index (χ3v) is 3.08. The first-order chi connectivity index (χ1) is 8.50. The van der Waals surface area contributed by atoms with Crippen LogP contribution in [0.25, 0.3) is 11.3 Å². The average Bonchev–Trinajstić information content (AvgIpc) is 2.78. The number of hydrogen-bond acceptors (Lipinski definition) is 2. The van der Waals surface area contributed by atoms with Crippen molar-refractivity contribution in [1.29, 1.82) is 0 Å². The molecule has 18 heavy (non-hydrogen) atoms. The predicted octanol–water partition coefficient (Wildman–Crippen LogP) is 3.82. The molecule has 0 aliphatic carbocycles. The van der Waals surface area contributed by atoms with Crippen LogP contribution in [0.15, 0.2) is 40.8 Å². The minimum Gasteiger partial charge on any atom is -0.461 e. The molecule has 96 valence electrons. The van der Waals surface area contributed by atoms with Gasteiger partial charge in [-0.1, -0.05) is 43.7 Å². The van der Waals surface area contributed by atoms with E-state index in [0.717, 1.165) is 23.5 Å². The summed E-state index contributed by atoms with van der Waals surface area (Å²) in [7, 11) is 0. The second-order valence-electron chi connectivity index (χ2n) is 5.63. The molecule has 2 nitrogen and oxygen atoms in total. The van der Waals surface area contributed by atoms with E-state index in [1.54, 1.807) is 0 Å². The minimum absolute atomic E-state index is 0.137. The van der Waals surface area contributed by atoms with E-state index < -0.39 is 0 Å². The first-order valence-corrected chi connectivity index (χ1v) is 6.27. The van der Waals surface area contributed by atoms with Crippen molar-refractivity contribution in [2.24, 2.45) is 5.41 Å². The second kappa shape index (κ2) is 4.99. The summed E-state index contributed by atoms with van der Waals surface area (Å²) in [4.78, 5) is 0. The Labute approximate surface area is 108 Å². The number of benzene rings is 1. The van der Waals surface area contributed by atoms with Crippen LogP contribution >= 0.6 is 0 Å². The van der Waals surface area contributed by atoms with Crippen molar-refractivity contribution in [2.45, 2.75) is 27.2 Å². The number of hydrogen-bond donors (Lipinski definition) is 1. The Hall–Kier alpha value is -1.54. The SMILES string of the molecule is Cc1ccc(-c2ccc(CC(C)(C)CO)o2)cc1. The lowest BCUT2D eigenvalue weighted by Gasteiger charge is -2.19. The molecule has 0 fully saturated rings. The maximum Gasteiger partial charge on any atom is 0.134 e. The third-order valence-electron chi connectivity index (χ3n) is 3.08. The van der Waals surface area contributed by atoms with Gasteiger partial charge >= 0.3 is 0 Å². The summed E-state index contributed by atoms with van der Waals surface area (Å²) in [5.41, 5.74) is 2.20. The molecule has 0 aliphatic heterocycles. The Morgan fingerprint density at radius 2 is 1.72 bits per heavy atom. The number of aliphatic hydroxyl groups excluding tert-OH is 1. The summed E-state index contributed by atoms with van der Waals surface area (Å²) < 4.78 is 5.84. The van der Waals surface area contributed by atoms with Gasteiger partial charge in [-0.2, -0.15) is 0 Å². The second-order valence-corrected chi connectivity index (χ2v) is 5.63. The Kier molecular flexibility index (Phi) is 3.58. The van der Waals surface area contributed by atoms with Crippen LogP contribution in [-0.2, 0) is 6.42 Å². The van der Waals surface area contributed by atoms with Crippen molar-refractivity contribution in [3.8, 4) is 11.3 Å². The van der Waals surface area contributed by atoms with E-state index >= 15 is 0 Å². The molecule has 0 unspecified atom stereocenters. The molecule has 2 rings (SSSR count). The molecule has 0 aliphatic rings.